The van der Waals surface area contributed by atoms with Crippen LogP contribution in [0.1, 0.15) is 30.5 Å². The molecule has 0 saturated carbocycles. The Morgan fingerprint density at radius 3 is 2.48 bits per heavy atom. The van der Waals surface area contributed by atoms with Gasteiger partial charge in [-0.2, -0.15) is 0 Å². The normalized spacial score (nSPS) is 14.3. The zero-order valence-electron chi connectivity index (χ0n) is 18.2. The molecule has 1 atom stereocenters. The van der Waals surface area contributed by atoms with Crippen LogP contribution in [0, 0.1) is 0 Å². The molecule has 3 aromatic rings. The van der Waals surface area contributed by atoms with Crippen LogP contribution in [0.15, 0.2) is 77.7 Å². The van der Waals surface area contributed by atoms with E-state index < -0.39 is 10.0 Å². The predicted molar refractivity (Wildman–Crippen MR) is 129 cm³/mol. The van der Waals surface area contributed by atoms with E-state index in [4.69, 9.17) is 16.3 Å². The van der Waals surface area contributed by atoms with Crippen LogP contribution in [-0.4, -0.2) is 27.5 Å². The second-order valence-electron chi connectivity index (χ2n) is 7.91. The molecule has 0 spiro atoms. The number of para-hydroxylation sites is 1. The van der Waals surface area contributed by atoms with E-state index in [2.05, 4.69) is 5.32 Å². The number of carbonyl (C=O) groups excluding carboxylic acids is 1. The van der Waals surface area contributed by atoms with Gasteiger partial charge in [0, 0.05) is 11.6 Å². The summed E-state index contributed by atoms with van der Waals surface area (Å²) in [6, 6.07) is 20.8. The van der Waals surface area contributed by atoms with E-state index in [-0.39, 0.29) is 23.5 Å². The number of nitrogens with one attached hydrogen (secondary N) is 1. The lowest BCUT2D eigenvalue weighted by molar-refractivity contribution is -0.123. The maximum Gasteiger partial charge on any atom is 0.264 e. The van der Waals surface area contributed by atoms with Gasteiger partial charge in [-0.15, -0.1) is 0 Å². The summed E-state index contributed by atoms with van der Waals surface area (Å²) in [7, 11) is -3.68. The summed E-state index contributed by atoms with van der Waals surface area (Å²) in [5.41, 5.74) is 2.70. The van der Waals surface area contributed by atoms with Crippen molar-refractivity contribution in [2.75, 3.05) is 17.5 Å². The van der Waals surface area contributed by atoms with Crippen molar-refractivity contribution in [1.29, 1.82) is 0 Å². The molecular weight excluding hydrogens is 460 g/mol. The van der Waals surface area contributed by atoms with Gasteiger partial charge in [0.05, 0.1) is 16.6 Å². The van der Waals surface area contributed by atoms with Crippen molar-refractivity contribution in [3.8, 4) is 5.75 Å². The molecule has 0 aromatic heterocycles. The molecule has 8 heteroatoms. The third-order valence-electron chi connectivity index (χ3n) is 5.60. The summed E-state index contributed by atoms with van der Waals surface area (Å²) in [5.74, 6) is 0.140. The van der Waals surface area contributed by atoms with Crippen molar-refractivity contribution in [1.82, 2.24) is 5.32 Å². The predicted octanol–water partition coefficient (Wildman–Crippen LogP) is 4.74. The summed E-state index contributed by atoms with van der Waals surface area (Å²) in [6.45, 7) is 2.15. The van der Waals surface area contributed by atoms with Gasteiger partial charge >= 0.3 is 0 Å². The number of ether oxygens (including phenoxy) is 1. The first-order valence-corrected chi connectivity index (χ1v) is 12.5. The van der Waals surface area contributed by atoms with Gasteiger partial charge < -0.3 is 10.1 Å². The van der Waals surface area contributed by atoms with Crippen molar-refractivity contribution in [3.05, 3.63) is 88.9 Å². The number of hydrogen-bond donors (Lipinski definition) is 1. The van der Waals surface area contributed by atoms with Crippen molar-refractivity contribution < 1.29 is 17.9 Å². The number of benzene rings is 3. The van der Waals surface area contributed by atoms with Gasteiger partial charge in [-0.25, -0.2) is 8.42 Å². The molecular formula is C25H25ClN2O4S. The third-order valence-corrected chi connectivity index (χ3v) is 7.68. The minimum atomic E-state index is -3.68. The number of rotatable bonds is 7. The first-order chi connectivity index (χ1) is 15.8. The average Bonchev–Trinajstić information content (AvgIpc) is 2.83. The number of amides is 1. The Morgan fingerprint density at radius 2 is 1.76 bits per heavy atom. The topological polar surface area (TPSA) is 75.7 Å². The van der Waals surface area contributed by atoms with Gasteiger partial charge in [-0.1, -0.05) is 41.9 Å². The number of aryl methyl sites for hydroxylation is 1. The lowest BCUT2D eigenvalue weighted by Gasteiger charge is -2.30. The molecule has 1 aliphatic rings. The zero-order valence-corrected chi connectivity index (χ0v) is 19.8. The number of fused-ring (bicyclic) bond motifs is 1. The smallest absolute Gasteiger partial charge is 0.264 e. The first-order valence-electron chi connectivity index (χ1n) is 10.7. The van der Waals surface area contributed by atoms with Crippen LogP contribution in [0.2, 0.25) is 5.02 Å². The van der Waals surface area contributed by atoms with Crippen LogP contribution in [0.5, 0.6) is 5.75 Å². The van der Waals surface area contributed by atoms with E-state index in [9.17, 15) is 13.2 Å². The van der Waals surface area contributed by atoms with Crippen LogP contribution in [0.25, 0.3) is 0 Å². The lowest BCUT2D eigenvalue weighted by atomic mass is 10.0. The van der Waals surface area contributed by atoms with Gasteiger partial charge in [0.1, 0.15) is 5.75 Å². The van der Waals surface area contributed by atoms with Crippen LogP contribution >= 0.6 is 11.6 Å². The molecule has 0 fully saturated rings. The molecule has 0 bridgehead atoms. The first kappa shape index (κ1) is 23.1. The minimum Gasteiger partial charge on any atom is -0.484 e. The Bertz CT molecular complexity index is 1230. The van der Waals surface area contributed by atoms with E-state index in [1.54, 1.807) is 24.3 Å². The summed E-state index contributed by atoms with van der Waals surface area (Å²) in [6.07, 6.45) is 1.65. The molecule has 1 N–H and O–H groups in total. The fourth-order valence-corrected chi connectivity index (χ4v) is 5.52. The summed E-state index contributed by atoms with van der Waals surface area (Å²) < 4.78 is 33.5. The highest BCUT2D eigenvalue weighted by Crippen LogP contribution is 2.32. The zero-order chi connectivity index (χ0) is 23.4. The van der Waals surface area contributed by atoms with Gasteiger partial charge in [-0.3, -0.25) is 9.10 Å². The van der Waals surface area contributed by atoms with Crippen LogP contribution in [-0.2, 0) is 21.2 Å². The quantitative estimate of drug-likeness (QED) is 0.525. The molecule has 6 nitrogen and oxygen atoms in total. The Hall–Kier alpha value is -3.03. The number of anilines is 1. The number of carbonyl (C=O) groups is 1. The number of hydrogen-bond acceptors (Lipinski definition) is 4. The van der Waals surface area contributed by atoms with Crippen LogP contribution in [0.4, 0.5) is 5.69 Å². The fourth-order valence-electron chi connectivity index (χ4n) is 3.85. The van der Waals surface area contributed by atoms with Gasteiger partial charge in [0.25, 0.3) is 15.9 Å². The van der Waals surface area contributed by atoms with E-state index in [0.29, 0.717) is 17.3 Å². The number of nitrogens with zero attached hydrogens (tertiary/aromatic N) is 1. The Balaban J connectivity index is 1.37. The van der Waals surface area contributed by atoms with Crippen molar-refractivity contribution in [3.63, 3.8) is 0 Å². The maximum atomic E-state index is 13.2. The molecule has 1 heterocycles. The molecule has 0 saturated heterocycles. The maximum absolute atomic E-state index is 13.2. The van der Waals surface area contributed by atoms with E-state index in [1.807, 2.05) is 43.3 Å². The van der Waals surface area contributed by atoms with E-state index in [1.165, 1.54) is 16.4 Å². The fraction of sp³-hybridized carbons (Fsp3) is 0.240. The van der Waals surface area contributed by atoms with Crippen molar-refractivity contribution in [2.45, 2.75) is 30.7 Å². The number of sulfonamides is 1. The summed E-state index contributed by atoms with van der Waals surface area (Å²) in [4.78, 5) is 12.4. The Labute approximate surface area is 199 Å². The van der Waals surface area contributed by atoms with Gasteiger partial charge in [0.2, 0.25) is 0 Å². The molecule has 4 rings (SSSR count). The van der Waals surface area contributed by atoms with Gasteiger partial charge in [-0.05, 0) is 73.4 Å². The molecule has 1 unspecified atom stereocenters. The molecule has 0 radical (unpaired) electrons. The lowest BCUT2D eigenvalue weighted by Crippen LogP contribution is -2.35. The Kier molecular flexibility index (Phi) is 6.91. The second kappa shape index (κ2) is 9.85. The summed E-state index contributed by atoms with van der Waals surface area (Å²) >= 11 is 5.90. The minimum absolute atomic E-state index is 0.177. The van der Waals surface area contributed by atoms with Crippen LogP contribution in [0.3, 0.4) is 0 Å². The third kappa shape index (κ3) is 5.31. The average molecular weight is 485 g/mol. The highest BCUT2D eigenvalue weighted by molar-refractivity contribution is 7.92. The number of halogens is 1. The summed E-state index contributed by atoms with van der Waals surface area (Å²) in [5, 5.41) is 3.50. The molecule has 1 aliphatic heterocycles. The second-order valence-corrected chi connectivity index (χ2v) is 10.2. The van der Waals surface area contributed by atoms with Crippen molar-refractivity contribution >= 4 is 33.2 Å². The van der Waals surface area contributed by atoms with E-state index >= 15 is 0 Å². The standard InChI is InChI=1S/C25H25ClN2O4S/c1-18(19-8-10-21(26)11-9-19)27-25(29)17-32-22-12-14-23(15-13-22)33(30,31)28-16-4-6-20-5-2-3-7-24(20)28/h2-3,5,7-15,18H,4,6,16-17H2,1H3,(H,27,29). The molecule has 1 amide bonds. The SMILES string of the molecule is CC(NC(=O)COc1ccc(S(=O)(=O)N2CCCc3ccccc32)cc1)c1ccc(Cl)cc1. The largest absolute Gasteiger partial charge is 0.484 e. The Morgan fingerprint density at radius 1 is 1.06 bits per heavy atom. The van der Waals surface area contributed by atoms with Crippen molar-refractivity contribution in [2.24, 2.45) is 0 Å². The van der Waals surface area contributed by atoms with Gasteiger partial charge in [0.15, 0.2) is 6.61 Å². The highest BCUT2D eigenvalue weighted by Gasteiger charge is 2.28. The van der Waals surface area contributed by atoms with Crippen LogP contribution < -0.4 is 14.4 Å². The molecule has 0 aliphatic carbocycles. The monoisotopic (exact) mass is 484 g/mol. The molecule has 172 valence electrons. The molecule has 33 heavy (non-hydrogen) atoms. The van der Waals surface area contributed by atoms with E-state index in [0.717, 1.165) is 29.7 Å². The molecule has 3 aromatic carbocycles. The highest BCUT2D eigenvalue weighted by atomic mass is 35.5.